The van der Waals surface area contributed by atoms with Gasteiger partial charge in [-0.1, -0.05) is 6.07 Å². The number of amides is 1. The van der Waals surface area contributed by atoms with Crippen LogP contribution in [0.1, 0.15) is 27.0 Å². The second kappa shape index (κ2) is 4.79. The van der Waals surface area contributed by atoms with E-state index in [0.29, 0.717) is 24.3 Å². The number of nitriles is 1. The lowest BCUT2D eigenvalue weighted by Crippen LogP contribution is -2.13. The Labute approximate surface area is 115 Å². The van der Waals surface area contributed by atoms with Crippen LogP contribution < -0.4 is 5.32 Å². The number of nitrogens with one attached hydrogen (secondary N) is 1. The summed E-state index contributed by atoms with van der Waals surface area (Å²) in [6.45, 7) is 1.12. The molecule has 1 aromatic carbocycles. The second-order valence-electron chi connectivity index (χ2n) is 4.61. The van der Waals surface area contributed by atoms with Crippen LogP contribution in [-0.2, 0) is 25.0 Å². The summed E-state index contributed by atoms with van der Waals surface area (Å²) in [5.74, 6) is -0.00773. The zero-order chi connectivity index (χ0) is 14.1. The molecule has 0 saturated heterocycles. The van der Waals surface area contributed by atoms with Crippen molar-refractivity contribution in [2.24, 2.45) is 7.05 Å². The molecule has 1 aromatic heterocycles. The summed E-state index contributed by atoms with van der Waals surface area (Å²) in [4.78, 5) is 12.2. The normalized spacial score (nSPS) is 12.8. The minimum Gasteiger partial charge on any atom is -0.372 e. The maximum Gasteiger partial charge on any atom is 0.256 e. The molecule has 0 radical (unpaired) electrons. The predicted octanol–water partition coefficient (Wildman–Crippen LogP) is 1.57. The molecule has 1 amide bonds. The molecule has 1 aliphatic heterocycles. The van der Waals surface area contributed by atoms with Gasteiger partial charge in [-0.25, -0.2) is 0 Å². The molecule has 0 aliphatic carbocycles. The molecule has 0 unspecified atom stereocenters. The molecule has 1 aliphatic rings. The number of nitrogens with zero attached hydrogens (tertiary/aromatic N) is 3. The van der Waals surface area contributed by atoms with Gasteiger partial charge in [-0.15, -0.1) is 0 Å². The molecule has 0 spiro atoms. The number of ether oxygens (including phenoxy) is 1. The van der Waals surface area contributed by atoms with Crippen molar-refractivity contribution in [1.29, 1.82) is 5.26 Å². The Morgan fingerprint density at radius 1 is 1.45 bits per heavy atom. The molecule has 20 heavy (non-hydrogen) atoms. The number of hydrogen-bond acceptors (Lipinski definition) is 4. The van der Waals surface area contributed by atoms with Crippen molar-refractivity contribution in [1.82, 2.24) is 9.78 Å². The zero-order valence-corrected chi connectivity index (χ0v) is 10.9. The molecular weight excluding hydrogens is 256 g/mol. The average Bonchev–Trinajstić information content (AvgIpc) is 3.03. The first kappa shape index (κ1) is 12.4. The van der Waals surface area contributed by atoms with Gasteiger partial charge in [0.2, 0.25) is 0 Å². The molecule has 0 atom stereocenters. The van der Waals surface area contributed by atoms with Crippen LogP contribution in [0.25, 0.3) is 0 Å². The van der Waals surface area contributed by atoms with E-state index in [9.17, 15) is 4.79 Å². The lowest BCUT2D eigenvalue weighted by atomic mass is 10.1. The molecule has 100 valence electrons. The van der Waals surface area contributed by atoms with Crippen molar-refractivity contribution < 1.29 is 9.53 Å². The van der Waals surface area contributed by atoms with E-state index in [-0.39, 0.29) is 11.7 Å². The number of aryl methyl sites for hydroxylation is 1. The van der Waals surface area contributed by atoms with Gasteiger partial charge < -0.3 is 10.1 Å². The van der Waals surface area contributed by atoms with Crippen molar-refractivity contribution >= 4 is 11.7 Å². The standard InChI is InChI=1S/C14H12N4O2/c1-18-6-12(5-15)13(17-18)16-14(19)9-2-3-10-7-20-8-11(10)4-9/h2-4,6H,7-8H2,1H3,(H,16,17,19). The highest BCUT2D eigenvalue weighted by Crippen LogP contribution is 2.21. The van der Waals surface area contributed by atoms with Gasteiger partial charge in [0.25, 0.3) is 5.91 Å². The molecule has 1 N–H and O–H groups in total. The molecule has 0 bridgehead atoms. The van der Waals surface area contributed by atoms with Crippen molar-refractivity contribution in [2.45, 2.75) is 13.2 Å². The lowest BCUT2D eigenvalue weighted by Gasteiger charge is -2.04. The fourth-order valence-electron chi connectivity index (χ4n) is 2.16. The Hall–Kier alpha value is -2.65. The van der Waals surface area contributed by atoms with E-state index in [1.165, 1.54) is 4.68 Å². The quantitative estimate of drug-likeness (QED) is 0.896. The first-order valence-corrected chi connectivity index (χ1v) is 6.12. The smallest absolute Gasteiger partial charge is 0.256 e. The first-order valence-electron chi connectivity index (χ1n) is 6.12. The van der Waals surface area contributed by atoms with Crippen molar-refractivity contribution in [3.05, 3.63) is 46.6 Å². The van der Waals surface area contributed by atoms with E-state index in [1.54, 1.807) is 19.3 Å². The van der Waals surface area contributed by atoms with Crippen LogP contribution in [-0.4, -0.2) is 15.7 Å². The Bertz CT molecular complexity index is 727. The van der Waals surface area contributed by atoms with E-state index in [4.69, 9.17) is 10.00 Å². The summed E-state index contributed by atoms with van der Waals surface area (Å²) < 4.78 is 6.81. The van der Waals surface area contributed by atoms with Gasteiger partial charge in [-0.05, 0) is 23.3 Å². The number of fused-ring (bicyclic) bond motifs is 1. The predicted molar refractivity (Wildman–Crippen MR) is 70.8 cm³/mol. The van der Waals surface area contributed by atoms with Gasteiger partial charge in [0.15, 0.2) is 5.82 Å². The SMILES string of the molecule is Cn1cc(C#N)c(NC(=O)c2ccc3c(c2)COC3)n1. The van der Waals surface area contributed by atoms with Gasteiger partial charge in [-0.3, -0.25) is 9.48 Å². The average molecular weight is 268 g/mol. The Balaban J connectivity index is 1.84. The number of rotatable bonds is 2. The summed E-state index contributed by atoms with van der Waals surface area (Å²) in [5.41, 5.74) is 3.01. The first-order chi connectivity index (χ1) is 9.67. The molecule has 6 nitrogen and oxygen atoms in total. The molecule has 2 heterocycles. The summed E-state index contributed by atoms with van der Waals surface area (Å²) in [6, 6.07) is 7.45. The van der Waals surface area contributed by atoms with Crippen LogP contribution in [0.15, 0.2) is 24.4 Å². The maximum atomic E-state index is 12.2. The highest BCUT2D eigenvalue weighted by molar-refractivity contribution is 6.04. The van der Waals surface area contributed by atoms with E-state index < -0.39 is 0 Å². The fourth-order valence-corrected chi connectivity index (χ4v) is 2.16. The van der Waals surface area contributed by atoms with Crippen molar-refractivity contribution in [3.63, 3.8) is 0 Å². The molecule has 3 rings (SSSR count). The highest BCUT2D eigenvalue weighted by atomic mass is 16.5. The van der Waals surface area contributed by atoms with Crippen molar-refractivity contribution in [3.8, 4) is 6.07 Å². The minimum absolute atomic E-state index is 0.275. The minimum atomic E-state index is -0.282. The van der Waals surface area contributed by atoms with Gasteiger partial charge in [-0.2, -0.15) is 10.4 Å². The Morgan fingerprint density at radius 2 is 2.25 bits per heavy atom. The topological polar surface area (TPSA) is 79.9 Å². The second-order valence-corrected chi connectivity index (χ2v) is 4.61. The number of carbonyl (C=O) groups excluding carboxylic acids is 1. The maximum absolute atomic E-state index is 12.2. The molecule has 2 aromatic rings. The number of aromatic nitrogens is 2. The Morgan fingerprint density at radius 3 is 3.05 bits per heavy atom. The third kappa shape index (κ3) is 2.15. The van der Waals surface area contributed by atoms with Gasteiger partial charge in [0.05, 0.1) is 13.2 Å². The van der Waals surface area contributed by atoms with Gasteiger partial charge in [0, 0.05) is 18.8 Å². The summed E-state index contributed by atoms with van der Waals surface area (Å²) in [7, 11) is 1.70. The summed E-state index contributed by atoms with van der Waals surface area (Å²) in [5, 5.41) is 15.7. The number of anilines is 1. The van der Waals surface area contributed by atoms with Crippen LogP contribution in [0.3, 0.4) is 0 Å². The lowest BCUT2D eigenvalue weighted by molar-refractivity contribution is 0.102. The number of benzene rings is 1. The highest BCUT2D eigenvalue weighted by Gasteiger charge is 2.16. The third-order valence-corrected chi connectivity index (χ3v) is 3.16. The van der Waals surface area contributed by atoms with E-state index in [2.05, 4.69) is 10.4 Å². The van der Waals surface area contributed by atoms with Crippen LogP contribution in [0.4, 0.5) is 5.82 Å². The zero-order valence-electron chi connectivity index (χ0n) is 10.9. The van der Waals surface area contributed by atoms with Gasteiger partial charge >= 0.3 is 0 Å². The number of hydrogen-bond donors (Lipinski definition) is 1. The fraction of sp³-hybridized carbons (Fsp3) is 0.214. The number of carbonyl (C=O) groups is 1. The van der Waals surface area contributed by atoms with Crippen LogP contribution in [0.5, 0.6) is 0 Å². The van der Waals surface area contributed by atoms with Gasteiger partial charge in [0.1, 0.15) is 11.6 Å². The Kier molecular flexibility index (Phi) is 2.97. The van der Waals surface area contributed by atoms with Crippen LogP contribution in [0, 0.1) is 11.3 Å². The molecular formula is C14H12N4O2. The molecule has 0 saturated carbocycles. The summed E-state index contributed by atoms with van der Waals surface area (Å²) >= 11 is 0. The molecule has 0 fully saturated rings. The van der Waals surface area contributed by atoms with E-state index >= 15 is 0 Å². The molecule has 6 heteroatoms. The van der Waals surface area contributed by atoms with E-state index in [0.717, 1.165) is 11.1 Å². The van der Waals surface area contributed by atoms with E-state index in [1.807, 2.05) is 18.2 Å². The van der Waals surface area contributed by atoms with Crippen molar-refractivity contribution in [2.75, 3.05) is 5.32 Å². The third-order valence-electron chi connectivity index (χ3n) is 3.16. The van der Waals surface area contributed by atoms with Crippen LogP contribution >= 0.6 is 0 Å². The van der Waals surface area contributed by atoms with Crippen LogP contribution in [0.2, 0.25) is 0 Å². The monoisotopic (exact) mass is 268 g/mol. The summed E-state index contributed by atoms with van der Waals surface area (Å²) in [6.07, 6.45) is 1.56. The largest absolute Gasteiger partial charge is 0.372 e.